The van der Waals surface area contributed by atoms with Crippen molar-refractivity contribution in [2.45, 2.75) is 5.41 Å². The number of nitrogens with one attached hydrogen (secondary N) is 1. The average molecular weight is 717 g/mol. The smallest absolute Gasteiger partial charge is 0.164 e. The van der Waals surface area contributed by atoms with Crippen LogP contribution in [0.25, 0.3) is 56.4 Å². The van der Waals surface area contributed by atoms with Gasteiger partial charge in [0.15, 0.2) is 17.5 Å². The summed E-state index contributed by atoms with van der Waals surface area (Å²) in [7, 11) is 0. The Labute approximate surface area is 326 Å². The number of hydrogen-bond donors (Lipinski definition) is 1. The molecule has 1 aliphatic carbocycles. The van der Waals surface area contributed by atoms with Crippen molar-refractivity contribution < 1.29 is 0 Å². The molecule has 4 nitrogen and oxygen atoms in total. The molecule has 9 aromatic rings. The highest BCUT2D eigenvalue weighted by atomic mass is 15.0. The van der Waals surface area contributed by atoms with Gasteiger partial charge in [-0.25, -0.2) is 15.0 Å². The fourth-order valence-electron chi connectivity index (χ4n) is 8.23. The molecule has 4 heteroatoms. The maximum Gasteiger partial charge on any atom is 0.164 e. The predicted octanol–water partition coefficient (Wildman–Crippen LogP) is 12.6. The number of rotatable bonds is 8. The molecule has 0 bridgehead atoms. The zero-order chi connectivity index (χ0) is 37.3. The molecule has 1 aliphatic rings. The maximum atomic E-state index is 4.93. The van der Waals surface area contributed by atoms with Gasteiger partial charge < -0.3 is 5.32 Å². The molecule has 10 rings (SSSR count). The van der Waals surface area contributed by atoms with E-state index >= 15 is 0 Å². The van der Waals surface area contributed by atoms with Crippen LogP contribution < -0.4 is 5.32 Å². The number of benzene rings is 8. The Balaban J connectivity index is 0.974. The molecule has 0 fully saturated rings. The third kappa shape index (κ3) is 5.85. The lowest BCUT2D eigenvalue weighted by Crippen LogP contribution is -2.28. The second-order valence-electron chi connectivity index (χ2n) is 14.1. The summed E-state index contributed by atoms with van der Waals surface area (Å²) >= 11 is 0. The Morgan fingerprint density at radius 3 is 1.38 bits per heavy atom. The van der Waals surface area contributed by atoms with Gasteiger partial charge in [0.05, 0.1) is 5.41 Å². The Bertz CT molecular complexity index is 2710. The van der Waals surface area contributed by atoms with Crippen LogP contribution in [0.2, 0.25) is 0 Å². The molecule has 1 aromatic heterocycles. The largest absolute Gasteiger partial charge is 0.356 e. The first-order valence-corrected chi connectivity index (χ1v) is 18.9. The van der Waals surface area contributed by atoms with E-state index in [0.29, 0.717) is 17.5 Å². The van der Waals surface area contributed by atoms with Crippen LogP contribution in [0.4, 0.5) is 11.4 Å². The number of fused-ring (bicyclic) bond motifs is 3. The highest BCUT2D eigenvalue weighted by Crippen LogP contribution is 2.56. The fourth-order valence-corrected chi connectivity index (χ4v) is 8.23. The predicted molar refractivity (Wildman–Crippen MR) is 229 cm³/mol. The Morgan fingerprint density at radius 2 is 0.768 bits per heavy atom. The SMILES string of the molecule is c1ccc(-c2nc(-c3ccccc3)nc(-c3cccc(Nc4ccc(-c5cccc(C6(c7ccccc7)c7ccccc7-c7ccccc76)c5)cc4)c3)n2)cc1. The van der Waals surface area contributed by atoms with Gasteiger partial charge in [0.1, 0.15) is 0 Å². The number of aromatic nitrogens is 3. The second-order valence-corrected chi connectivity index (χ2v) is 14.1. The summed E-state index contributed by atoms with van der Waals surface area (Å²) in [6.45, 7) is 0. The normalized spacial score (nSPS) is 12.4. The molecule has 0 saturated carbocycles. The molecular weight excluding hydrogens is 681 g/mol. The van der Waals surface area contributed by atoms with E-state index in [1.54, 1.807) is 0 Å². The number of nitrogens with zero attached hydrogens (tertiary/aromatic N) is 3. The Kier molecular flexibility index (Phi) is 8.34. The molecule has 56 heavy (non-hydrogen) atoms. The average Bonchev–Trinajstić information content (AvgIpc) is 3.59. The zero-order valence-electron chi connectivity index (χ0n) is 30.5. The van der Waals surface area contributed by atoms with Crippen LogP contribution in [0.1, 0.15) is 22.3 Å². The quantitative estimate of drug-likeness (QED) is 0.170. The molecule has 0 radical (unpaired) electrons. The zero-order valence-corrected chi connectivity index (χ0v) is 30.5. The van der Waals surface area contributed by atoms with E-state index in [1.165, 1.54) is 38.9 Å². The van der Waals surface area contributed by atoms with Crippen molar-refractivity contribution in [2.24, 2.45) is 0 Å². The van der Waals surface area contributed by atoms with E-state index in [0.717, 1.165) is 33.6 Å². The maximum absolute atomic E-state index is 4.93. The summed E-state index contributed by atoms with van der Waals surface area (Å²) < 4.78 is 0. The molecule has 0 atom stereocenters. The molecule has 0 amide bonds. The minimum atomic E-state index is -0.431. The fraction of sp³-hybridized carbons (Fsp3) is 0.0192. The van der Waals surface area contributed by atoms with Crippen LogP contribution in [0, 0.1) is 0 Å². The Hall–Kier alpha value is -7.43. The van der Waals surface area contributed by atoms with Gasteiger partial charge in [-0.05, 0) is 74.8 Å². The topological polar surface area (TPSA) is 50.7 Å². The molecule has 264 valence electrons. The first-order valence-electron chi connectivity index (χ1n) is 18.9. The second kappa shape index (κ2) is 14.1. The molecule has 1 N–H and O–H groups in total. The third-order valence-electron chi connectivity index (χ3n) is 10.8. The van der Waals surface area contributed by atoms with Gasteiger partial charge in [0.25, 0.3) is 0 Å². The first kappa shape index (κ1) is 33.2. The lowest BCUT2D eigenvalue weighted by molar-refractivity contribution is 0.769. The molecule has 0 spiro atoms. The molecular formula is C52H36N4. The van der Waals surface area contributed by atoms with Gasteiger partial charge in [-0.1, -0.05) is 182 Å². The van der Waals surface area contributed by atoms with Crippen molar-refractivity contribution >= 4 is 11.4 Å². The van der Waals surface area contributed by atoms with E-state index < -0.39 is 5.41 Å². The highest BCUT2D eigenvalue weighted by molar-refractivity contribution is 5.87. The van der Waals surface area contributed by atoms with Crippen molar-refractivity contribution in [1.29, 1.82) is 0 Å². The summed E-state index contributed by atoms with van der Waals surface area (Å²) in [6, 6.07) is 74.8. The molecule has 1 heterocycles. The van der Waals surface area contributed by atoms with E-state index in [2.05, 4.69) is 145 Å². The number of anilines is 2. The summed E-state index contributed by atoms with van der Waals surface area (Å²) in [5, 5.41) is 3.62. The lowest BCUT2D eigenvalue weighted by atomic mass is 9.67. The van der Waals surface area contributed by atoms with Crippen molar-refractivity contribution in [3.63, 3.8) is 0 Å². The number of hydrogen-bond acceptors (Lipinski definition) is 4. The van der Waals surface area contributed by atoms with Gasteiger partial charge in [-0.3, -0.25) is 0 Å². The minimum Gasteiger partial charge on any atom is -0.356 e. The van der Waals surface area contributed by atoms with Crippen LogP contribution in [0.15, 0.2) is 212 Å². The van der Waals surface area contributed by atoms with Gasteiger partial charge in [-0.15, -0.1) is 0 Å². The van der Waals surface area contributed by atoms with E-state index in [-0.39, 0.29) is 0 Å². The summed E-state index contributed by atoms with van der Waals surface area (Å²) in [5.41, 5.74) is 14.4. The minimum absolute atomic E-state index is 0.431. The van der Waals surface area contributed by atoms with E-state index in [9.17, 15) is 0 Å². The van der Waals surface area contributed by atoms with Gasteiger partial charge in [0, 0.05) is 28.1 Å². The molecule has 0 saturated heterocycles. The van der Waals surface area contributed by atoms with Crippen molar-refractivity contribution in [2.75, 3.05) is 5.32 Å². The van der Waals surface area contributed by atoms with Crippen LogP contribution >= 0.6 is 0 Å². The highest BCUT2D eigenvalue weighted by Gasteiger charge is 2.45. The van der Waals surface area contributed by atoms with Crippen molar-refractivity contribution in [1.82, 2.24) is 15.0 Å². The van der Waals surface area contributed by atoms with Crippen molar-refractivity contribution in [3.8, 4) is 56.4 Å². The third-order valence-corrected chi connectivity index (χ3v) is 10.8. The standard InChI is InChI=1S/C52H36N4/c1-4-16-37(17-5-1)49-54-50(38-18-6-2-7-19-38)56-51(55-49)40-21-15-25-44(35-40)53-43-32-30-36(31-33-43)39-20-14-24-42(34-39)52(41-22-8-3-9-23-41)47-28-12-10-26-45(47)46-27-11-13-29-48(46)52/h1-35,53H. The van der Waals surface area contributed by atoms with E-state index in [1.807, 2.05) is 72.8 Å². The van der Waals surface area contributed by atoms with Crippen LogP contribution in [-0.2, 0) is 5.41 Å². The van der Waals surface area contributed by atoms with Gasteiger partial charge >= 0.3 is 0 Å². The van der Waals surface area contributed by atoms with Crippen molar-refractivity contribution in [3.05, 3.63) is 235 Å². The summed E-state index contributed by atoms with van der Waals surface area (Å²) in [6.07, 6.45) is 0. The van der Waals surface area contributed by atoms with Crippen LogP contribution in [-0.4, -0.2) is 15.0 Å². The van der Waals surface area contributed by atoms with Gasteiger partial charge in [0.2, 0.25) is 0 Å². The van der Waals surface area contributed by atoms with Crippen LogP contribution in [0.5, 0.6) is 0 Å². The molecule has 0 unspecified atom stereocenters. The lowest BCUT2D eigenvalue weighted by Gasteiger charge is -2.34. The van der Waals surface area contributed by atoms with Crippen LogP contribution in [0.3, 0.4) is 0 Å². The first-order chi connectivity index (χ1) is 27.7. The summed E-state index contributed by atoms with van der Waals surface area (Å²) in [4.78, 5) is 14.7. The monoisotopic (exact) mass is 716 g/mol. The Morgan fingerprint density at radius 1 is 0.304 bits per heavy atom. The summed E-state index contributed by atoms with van der Waals surface area (Å²) in [5.74, 6) is 1.91. The van der Waals surface area contributed by atoms with Gasteiger partial charge in [-0.2, -0.15) is 0 Å². The molecule has 8 aromatic carbocycles. The van der Waals surface area contributed by atoms with E-state index in [4.69, 9.17) is 15.0 Å². The molecule has 0 aliphatic heterocycles.